The summed E-state index contributed by atoms with van der Waals surface area (Å²) < 4.78 is 5.28. The van der Waals surface area contributed by atoms with Gasteiger partial charge in [-0.3, -0.25) is 0 Å². The molecule has 108 valence electrons. The van der Waals surface area contributed by atoms with E-state index in [9.17, 15) is 5.11 Å². The Morgan fingerprint density at radius 2 is 2.11 bits per heavy atom. The van der Waals surface area contributed by atoms with Gasteiger partial charge in [0.25, 0.3) is 0 Å². The fraction of sp³-hybridized carbons (Fsp3) is 0.571. The second-order valence-electron chi connectivity index (χ2n) is 5.26. The van der Waals surface area contributed by atoms with Gasteiger partial charge in [-0.05, 0) is 33.2 Å². The highest BCUT2D eigenvalue weighted by Gasteiger charge is 2.21. The van der Waals surface area contributed by atoms with Gasteiger partial charge in [0.2, 0.25) is 0 Å². The van der Waals surface area contributed by atoms with Gasteiger partial charge in [-0.2, -0.15) is 0 Å². The Kier molecular flexibility index (Phi) is 6.07. The molecule has 1 unspecified atom stereocenters. The molecule has 1 atom stereocenters. The maximum absolute atomic E-state index is 10.2. The van der Waals surface area contributed by atoms with E-state index >= 15 is 0 Å². The zero-order valence-electron chi connectivity index (χ0n) is 12.0. The van der Waals surface area contributed by atoms with Gasteiger partial charge in [-0.1, -0.05) is 17.7 Å². The van der Waals surface area contributed by atoms with Gasteiger partial charge < -0.3 is 20.1 Å². The van der Waals surface area contributed by atoms with Crippen LogP contribution in [0.5, 0.6) is 5.75 Å². The lowest BCUT2D eigenvalue weighted by molar-refractivity contribution is 0.0335. The van der Waals surface area contributed by atoms with Crippen LogP contribution in [0.1, 0.15) is 12.5 Å². The number of halogens is 1. The van der Waals surface area contributed by atoms with E-state index in [1.807, 2.05) is 44.1 Å². The lowest BCUT2D eigenvalue weighted by atomic mass is 10.1. The fourth-order valence-electron chi connectivity index (χ4n) is 2.10. The molecule has 1 aromatic carbocycles. The molecule has 2 N–H and O–H groups in total. The lowest BCUT2D eigenvalue weighted by Crippen LogP contribution is -2.45. The first kappa shape index (κ1) is 16.2. The van der Waals surface area contributed by atoms with Gasteiger partial charge >= 0.3 is 0 Å². The van der Waals surface area contributed by atoms with Crippen LogP contribution in [0, 0.1) is 0 Å². The summed E-state index contributed by atoms with van der Waals surface area (Å²) in [5.74, 6) is 0.757. The van der Waals surface area contributed by atoms with Crippen LogP contribution >= 0.6 is 11.6 Å². The maximum atomic E-state index is 10.2. The van der Waals surface area contributed by atoms with Gasteiger partial charge in [0.15, 0.2) is 0 Å². The van der Waals surface area contributed by atoms with E-state index in [0.717, 1.165) is 11.3 Å². The molecule has 0 saturated heterocycles. The summed E-state index contributed by atoms with van der Waals surface area (Å²) in [5.41, 5.74) is 0.130. The predicted octanol–water partition coefficient (Wildman–Crippen LogP) is 1.75. The molecule has 0 spiro atoms. The van der Waals surface area contributed by atoms with Gasteiger partial charge in [0.1, 0.15) is 5.75 Å². The minimum Gasteiger partial charge on any atom is -0.496 e. The number of benzene rings is 1. The summed E-state index contributed by atoms with van der Waals surface area (Å²) in [6.45, 7) is 3.45. The molecular weight excluding hydrogens is 264 g/mol. The molecular formula is C14H23ClN2O2. The maximum Gasteiger partial charge on any atom is 0.124 e. The highest BCUT2D eigenvalue weighted by molar-refractivity contribution is 6.31. The van der Waals surface area contributed by atoms with E-state index in [-0.39, 0.29) is 0 Å². The third kappa shape index (κ3) is 5.37. The first-order chi connectivity index (χ1) is 8.85. The van der Waals surface area contributed by atoms with Crippen molar-refractivity contribution in [3.05, 3.63) is 28.8 Å². The van der Waals surface area contributed by atoms with Crippen molar-refractivity contribution in [1.82, 2.24) is 10.2 Å². The summed E-state index contributed by atoms with van der Waals surface area (Å²) in [4.78, 5) is 1.96. The molecule has 1 aromatic rings. The van der Waals surface area contributed by atoms with Crippen LogP contribution in [0.25, 0.3) is 0 Å². The van der Waals surface area contributed by atoms with E-state index in [0.29, 0.717) is 24.7 Å². The van der Waals surface area contributed by atoms with Crippen molar-refractivity contribution in [1.29, 1.82) is 0 Å². The van der Waals surface area contributed by atoms with Crippen LogP contribution in [0.2, 0.25) is 5.02 Å². The number of nitrogens with one attached hydrogen (secondary N) is 1. The Morgan fingerprint density at radius 3 is 2.68 bits per heavy atom. The molecule has 0 radical (unpaired) electrons. The van der Waals surface area contributed by atoms with Crippen molar-refractivity contribution in [3.8, 4) is 5.75 Å². The van der Waals surface area contributed by atoms with Gasteiger partial charge in [-0.25, -0.2) is 0 Å². The van der Waals surface area contributed by atoms with Crippen LogP contribution < -0.4 is 10.1 Å². The number of rotatable bonds is 7. The molecule has 0 aromatic heterocycles. The Bertz CT molecular complexity index is 408. The predicted molar refractivity (Wildman–Crippen MR) is 78.9 cm³/mol. The lowest BCUT2D eigenvalue weighted by Gasteiger charge is -2.27. The molecule has 0 amide bonds. The minimum atomic E-state index is -0.780. The standard InChI is InChI=1S/C14H23ClN2O2/c1-14(18,10-17(2)3)9-16-8-11-12(15)6-5-7-13(11)19-4/h5-7,16,18H,8-10H2,1-4H3. The van der Waals surface area contributed by atoms with Crippen molar-refractivity contribution in [2.75, 3.05) is 34.3 Å². The van der Waals surface area contributed by atoms with Gasteiger partial charge in [0, 0.05) is 30.2 Å². The van der Waals surface area contributed by atoms with E-state index in [1.54, 1.807) is 7.11 Å². The van der Waals surface area contributed by atoms with Crippen LogP contribution in [0.4, 0.5) is 0 Å². The average Bonchev–Trinajstić information content (AvgIpc) is 2.29. The fourth-order valence-corrected chi connectivity index (χ4v) is 2.33. The van der Waals surface area contributed by atoms with Crippen molar-refractivity contribution < 1.29 is 9.84 Å². The number of ether oxygens (including phenoxy) is 1. The second kappa shape index (κ2) is 7.10. The average molecular weight is 287 g/mol. The summed E-state index contributed by atoms with van der Waals surface area (Å²) in [6, 6.07) is 5.56. The number of hydrogen-bond acceptors (Lipinski definition) is 4. The number of aliphatic hydroxyl groups is 1. The van der Waals surface area contributed by atoms with E-state index in [1.165, 1.54) is 0 Å². The van der Waals surface area contributed by atoms with Crippen molar-refractivity contribution in [2.24, 2.45) is 0 Å². The Balaban J connectivity index is 2.58. The third-order valence-corrected chi connectivity index (χ3v) is 3.11. The topological polar surface area (TPSA) is 44.7 Å². The number of methoxy groups -OCH3 is 1. The van der Waals surface area contributed by atoms with Crippen LogP contribution in [-0.2, 0) is 6.54 Å². The van der Waals surface area contributed by atoms with E-state index in [2.05, 4.69) is 5.32 Å². The molecule has 19 heavy (non-hydrogen) atoms. The van der Waals surface area contributed by atoms with Crippen molar-refractivity contribution >= 4 is 11.6 Å². The summed E-state index contributed by atoms with van der Waals surface area (Å²) in [6.07, 6.45) is 0. The van der Waals surface area contributed by atoms with Gasteiger partial charge in [-0.15, -0.1) is 0 Å². The number of hydrogen-bond donors (Lipinski definition) is 2. The molecule has 0 saturated carbocycles. The highest BCUT2D eigenvalue weighted by Crippen LogP contribution is 2.25. The Morgan fingerprint density at radius 1 is 1.42 bits per heavy atom. The molecule has 0 aliphatic carbocycles. The molecule has 0 aliphatic rings. The largest absolute Gasteiger partial charge is 0.496 e. The third-order valence-electron chi connectivity index (χ3n) is 2.76. The zero-order valence-corrected chi connectivity index (χ0v) is 12.8. The first-order valence-electron chi connectivity index (χ1n) is 6.25. The summed E-state index contributed by atoms with van der Waals surface area (Å²) in [5, 5.41) is 14.1. The molecule has 0 heterocycles. The second-order valence-corrected chi connectivity index (χ2v) is 5.67. The van der Waals surface area contributed by atoms with E-state index < -0.39 is 5.60 Å². The number of likely N-dealkylation sites (N-methyl/N-ethyl adjacent to an activating group) is 1. The Hall–Kier alpha value is -0.810. The molecule has 4 nitrogen and oxygen atoms in total. The minimum absolute atomic E-state index is 0.486. The molecule has 5 heteroatoms. The molecule has 1 rings (SSSR count). The molecule has 0 bridgehead atoms. The van der Waals surface area contributed by atoms with Gasteiger partial charge in [0.05, 0.1) is 12.7 Å². The normalized spacial score (nSPS) is 14.5. The smallest absolute Gasteiger partial charge is 0.124 e. The zero-order chi connectivity index (χ0) is 14.5. The van der Waals surface area contributed by atoms with Crippen molar-refractivity contribution in [3.63, 3.8) is 0 Å². The first-order valence-corrected chi connectivity index (χ1v) is 6.63. The van der Waals surface area contributed by atoms with Crippen LogP contribution in [-0.4, -0.2) is 49.9 Å². The van der Waals surface area contributed by atoms with E-state index in [4.69, 9.17) is 16.3 Å². The Labute approximate surface area is 120 Å². The van der Waals surface area contributed by atoms with Crippen LogP contribution in [0.3, 0.4) is 0 Å². The highest BCUT2D eigenvalue weighted by atomic mass is 35.5. The molecule has 0 fully saturated rings. The van der Waals surface area contributed by atoms with Crippen molar-refractivity contribution in [2.45, 2.75) is 19.1 Å². The quantitative estimate of drug-likeness (QED) is 0.802. The summed E-state index contributed by atoms with van der Waals surface area (Å²) in [7, 11) is 5.49. The van der Waals surface area contributed by atoms with Crippen LogP contribution in [0.15, 0.2) is 18.2 Å². The monoisotopic (exact) mass is 286 g/mol. The number of nitrogens with zero attached hydrogens (tertiary/aromatic N) is 1. The SMILES string of the molecule is COc1cccc(Cl)c1CNCC(C)(O)CN(C)C. The molecule has 0 aliphatic heterocycles. The summed E-state index contributed by atoms with van der Waals surface area (Å²) >= 11 is 6.15.